The Balaban J connectivity index is 1.66. The second-order valence-electron chi connectivity index (χ2n) is 5.07. The maximum atomic E-state index is 12.0. The van der Waals surface area contributed by atoms with Gasteiger partial charge in [0.25, 0.3) is 5.91 Å². The van der Waals surface area contributed by atoms with Gasteiger partial charge >= 0.3 is 0 Å². The lowest BCUT2D eigenvalue weighted by Crippen LogP contribution is -2.56. The summed E-state index contributed by atoms with van der Waals surface area (Å²) in [5.74, 6) is -0.317. The Bertz CT molecular complexity index is 650. The number of H-pyrrole nitrogens is 1. The molecule has 0 aliphatic carbocycles. The fourth-order valence-corrected chi connectivity index (χ4v) is 2.11. The highest BCUT2D eigenvalue weighted by Gasteiger charge is 2.36. The van der Waals surface area contributed by atoms with E-state index in [1.807, 2.05) is 12.1 Å². The van der Waals surface area contributed by atoms with Gasteiger partial charge in [0.15, 0.2) is 0 Å². The number of nitrogens with zero attached hydrogens (tertiary/aromatic N) is 1. The molecule has 2 aromatic rings. The molecule has 1 aliphatic heterocycles. The number of aromatic nitrogens is 2. The summed E-state index contributed by atoms with van der Waals surface area (Å²) in [4.78, 5) is 12.0. The predicted molar refractivity (Wildman–Crippen MR) is 77.1 cm³/mol. The third-order valence-electron chi connectivity index (χ3n) is 3.28. The summed E-state index contributed by atoms with van der Waals surface area (Å²) in [7, 11) is 0. The lowest BCUT2D eigenvalue weighted by Gasteiger charge is -2.36. The quantitative estimate of drug-likeness (QED) is 0.792. The first-order valence-corrected chi connectivity index (χ1v) is 6.83. The summed E-state index contributed by atoms with van der Waals surface area (Å²) in [6.45, 7) is 0.639. The van der Waals surface area contributed by atoms with E-state index in [0.717, 1.165) is 5.56 Å². The summed E-state index contributed by atoms with van der Waals surface area (Å²) in [6, 6.07) is 8.83. The highest BCUT2D eigenvalue weighted by Crippen LogP contribution is 2.20. The minimum atomic E-state index is -0.950. The number of hydrogen-bond acceptors (Lipinski definition) is 4. The number of amides is 1. The Hall–Kier alpha value is -1.89. The zero-order valence-corrected chi connectivity index (χ0v) is 11.9. The van der Waals surface area contributed by atoms with Crippen molar-refractivity contribution in [2.75, 3.05) is 19.8 Å². The molecular weight excluding hydrogens is 294 g/mol. The summed E-state index contributed by atoms with van der Waals surface area (Å²) in [6.07, 6.45) is 0. The van der Waals surface area contributed by atoms with Gasteiger partial charge in [-0.15, -0.1) is 0 Å². The second-order valence-corrected chi connectivity index (χ2v) is 5.51. The third-order valence-corrected chi connectivity index (χ3v) is 3.53. The van der Waals surface area contributed by atoms with Crippen LogP contribution in [-0.4, -0.2) is 46.6 Å². The number of aliphatic hydroxyl groups is 1. The summed E-state index contributed by atoms with van der Waals surface area (Å²) >= 11 is 5.83. The second kappa shape index (κ2) is 5.48. The van der Waals surface area contributed by atoms with Crippen LogP contribution in [0.15, 0.2) is 30.3 Å². The van der Waals surface area contributed by atoms with Gasteiger partial charge in [-0.25, -0.2) is 0 Å². The Labute approximate surface area is 126 Å². The molecule has 1 saturated heterocycles. The number of nitrogens with one attached hydrogen (secondary N) is 2. The first-order chi connectivity index (χ1) is 10.1. The molecule has 1 amide bonds. The van der Waals surface area contributed by atoms with E-state index in [1.54, 1.807) is 18.2 Å². The molecule has 1 aromatic carbocycles. The molecule has 0 unspecified atom stereocenters. The third kappa shape index (κ3) is 3.07. The highest BCUT2D eigenvalue weighted by molar-refractivity contribution is 6.30. The van der Waals surface area contributed by atoms with Crippen LogP contribution in [0.25, 0.3) is 11.3 Å². The molecule has 7 heteroatoms. The molecule has 0 radical (unpaired) electrons. The molecule has 1 aliphatic rings. The number of hydrogen-bond donors (Lipinski definition) is 3. The Kier molecular flexibility index (Phi) is 3.67. The predicted octanol–water partition coefficient (Wildman–Crippen LogP) is 1.22. The standard InChI is InChI=1S/C14H14ClN3O3/c15-10-3-1-9(2-4-10)11-5-12(18-17-11)13(19)16-6-14(20)7-21-8-14/h1-5,20H,6-8H2,(H,16,19)(H,17,18). The number of carbonyl (C=O) groups excluding carboxylic acids is 1. The molecule has 3 N–H and O–H groups in total. The fraction of sp³-hybridized carbons (Fsp3) is 0.286. The molecule has 0 spiro atoms. The largest absolute Gasteiger partial charge is 0.383 e. The molecule has 0 bridgehead atoms. The van der Waals surface area contributed by atoms with Crippen molar-refractivity contribution in [1.29, 1.82) is 0 Å². The SMILES string of the molecule is O=C(NCC1(O)COC1)c1cc(-c2ccc(Cl)cc2)n[nH]1. The molecular formula is C14H14ClN3O3. The number of halogens is 1. The molecule has 0 atom stereocenters. The lowest BCUT2D eigenvalue weighted by molar-refractivity contribution is -0.173. The number of ether oxygens (including phenoxy) is 1. The maximum Gasteiger partial charge on any atom is 0.269 e. The first-order valence-electron chi connectivity index (χ1n) is 6.45. The average molecular weight is 308 g/mol. The summed E-state index contributed by atoms with van der Waals surface area (Å²) < 4.78 is 4.92. The van der Waals surface area contributed by atoms with E-state index < -0.39 is 5.60 Å². The van der Waals surface area contributed by atoms with Crippen molar-refractivity contribution in [2.45, 2.75) is 5.60 Å². The number of carbonyl (C=O) groups is 1. The van der Waals surface area contributed by atoms with Crippen LogP contribution in [0.3, 0.4) is 0 Å². The number of rotatable bonds is 4. The first kappa shape index (κ1) is 14.1. The van der Waals surface area contributed by atoms with E-state index in [0.29, 0.717) is 16.4 Å². The Morgan fingerprint density at radius 3 is 2.76 bits per heavy atom. The molecule has 2 heterocycles. The van der Waals surface area contributed by atoms with E-state index in [-0.39, 0.29) is 25.7 Å². The van der Waals surface area contributed by atoms with Crippen molar-refractivity contribution in [3.05, 3.63) is 41.0 Å². The zero-order chi connectivity index (χ0) is 14.9. The van der Waals surface area contributed by atoms with Gasteiger partial charge in [0.05, 0.1) is 25.5 Å². The van der Waals surface area contributed by atoms with E-state index >= 15 is 0 Å². The number of benzene rings is 1. The van der Waals surface area contributed by atoms with Gasteiger partial charge in [0.2, 0.25) is 0 Å². The Morgan fingerprint density at radius 2 is 2.14 bits per heavy atom. The molecule has 0 saturated carbocycles. The lowest BCUT2D eigenvalue weighted by atomic mass is 10.0. The van der Waals surface area contributed by atoms with Crippen LogP contribution >= 0.6 is 11.6 Å². The molecule has 6 nitrogen and oxygen atoms in total. The van der Waals surface area contributed by atoms with Gasteiger partial charge in [-0.05, 0) is 18.2 Å². The van der Waals surface area contributed by atoms with Gasteiger partial charge in [0, 0.05) is 10.6 Å². The fourth-order valence-electron chi connectivity index (χ4n) is 1.99. The smallest absolute Gasteiger partial charge is 0.269 e. The van der Waals surface area contributed by atoms with Crippen LogP contribution in [-0.2, 0) is 4.74 Å². The van der Waals surface area contributed by atoms with E-state index in [9.17, 15) is 9.90 Å². The topological polar surface area (TPSA) is 87.2 Å². The van der Waals surface area contributed by atoms with Crippen molar-refractivity contribution in [2.24, 2.45) is 0 Å². The molecule has 1 aromatic heterocycles. The van der Waals surface area contributed by atoms with Crippen LogP contribution in [0.4, 0.5) is 0 Å². The zero-order valence-electron chi connectivity index (χ0n) is 11.1. The normalized spacial score (nSPS) is 16.3. The average Bonchev–Trinajstić information content (AvgIpc) is 2.93. The van der Waals surface area contributed by atoms with Crippen molar-refractivity contribution < 1.29 is 14.6 Å². The summed E-state index contributed by atoms with van der Waals surface area (Å²) in [5.41, 5.74) is 0.904. The van der Waals surface area contributed by atoms with Gasteiger partial charge in [-0.2, -0.15) is 5.10 Å². The van der Waals surface area contributed by atoms with Crippen LogP contribution in [0, 0.1) is 0 Å². The van der Waals surface area contributed by atoms with Crippen molar-refractivity contribution in [1.82, 2.24) is 15.5 Å². The van der Waals surface area contributed by atoms with Crippen LogP contribution < -0.4 is 5.32 Å². The van der Waals surface area contributed by atoms with Gasteiger partial charge < -0.3 is 15.2 Å². The monoisotopic (exact) mass is 307 g/mol. The molecule has 110 valence electrons. The molecule has 3 rings (SSSR count). The summed E-state index contributed by atoms with van der Waals surface area (Å²) in [5, 5.41) is 19.9. The molecule has 1 fully saturated rings. The van der Waals surface area contributed by atoms with Gasteiger partial charge in [0.1, 0.15) is 11.3 Å². The Morgan fingerprint density at radius 1 is 1.43 bits per heavy atom. The number of aromatic amines is 1. The van der Waals surface area contributed by atoms with Crippen LogP contribution in [0.5, 0.6) is 0 Å². The minimum absolute atomic E-state index is 0.154. The van der Waals surface area contributed by atoms with Crippen LogP contribution in [0.1, 0.15) is 10.5 Å². The van der Waals surface area contributed by atoms with Crippen LogP contribution in [0.2, 0.25) is 5.02 Å². The molecule has 21 heavy (non-hydrogen) atoms. The highest BCUT2D eigenvalue weighted by atomic mass is 35.5. The maximum absolute atomic E-state index is 12.0. The minimum Gasteiger partial charge on any atom is -0.383 e. The van der Waals surface area contributed by atoms with Crippen molar-refractivity contribution in [3.8, 4) is 11.3 Å². The van der Waals surface area contributed by atoms with Crippen molar-refractivity contribution in [3.63, 3.8) is 0 Å². The van der Waals surface area contributed by atoms with E-state index in [2.05, 4.69) is 15.5 Å². The van der Waals surface area contributed by atoms with E-state index in [1.165, 1.54) is 0 Å². The van der Waals surface area contributed by atoms with Gasteiger partial charge in [-0.1, -0.05) is 23.7 Å². The van der Waals surface area contributed by atoms with Gasteiger partial charge in [-0.3, -0.25) is 9.89 Å². The van der Waals surface area contributed by atoms with Crippen molar-refractivity contribution >= 4 is 17.5 Å². The van der Waals surface area contributed by atoms with E-state index in [4.69, 9.17) is 16.3 Å².